The topological polar surface area (TPSA) is 102 Å². The van der Waals surface area contributed by atoms with Crippen LogP contribution in [0.4, 0.5) is 11.4 Å². The molecule has 2 aromatic rings. The lowest BCUT2D eigenvalue weighted by Gasteiger charge is -2.35. The van der Waals surface area contributed by atoms with Crippen molar-refractivity contribution < 1.29 is 19.2 Å². The molecule has 1 heterocycles. The number of nitro benzene ring substituents is 1. The number of rotatable bonds is 6. The Morgan fingerprint density at radius 1 is 1.21 bits per heavy atom. The Morgan fingerprint density at radius 2 is 1.90 bits per heavy atom. The molecule has 2 atom stereocenters. The minimum absolute atomic E-state index is 0.125. The first-order valence-electron chi connectivity index (χ1n) is 9.38. The van der Waals surface area contributed by atoms with Gasteiger partial charge in [-0.15, -0.1) is 0 Å². The Morgan fingerprint density at radius 3 is 2.52 bits per heavy atom. The zero-order chi connectivity index (χ0) is 21.1. The molecule has 0 radical (unpaired) electrons. The van der Waals surface area contributed by atoms with Crippen molar-refractivity contribution in [1.82, 2.24) is 5.32 Å². The first-order valence-corrected chi connectivity index (χ1v) is 9.38. The van der Waals surface area contributed by atoms with Crippen molar-refractivity contribution in [3.05, 3.63) is 64.2 Å². The van der Waals surface area contributed by atoms with Gasteiger partial charge < -0.3 is 10.1 Å². The summed E-state index contributed by atoms with van der Waals surface area (Å²) in [6.07, 6.45) is -0.761. The zero-order valence-corrected chi connectivity index (χ0v) is 16.5. The molecule has 8 nitrogen and oxygen atoms in total. The molecule has 0 aromatic heterocycles. The molecular formula is C21H23N3O5. The third-order valence-electron chi connectivity index (χ3n) is 4.79. The van der Waals surface area contributed by atoms with Crippen LogP contribution in [-0.4, -0.2) is 29.4 Å². The van der Waals surface area contributed by atoms with Gasteiger partial charge in [-0.1, -0.05) is 44.2 Å². The van der Waals surface area contributed by atoms with Gasteiger partial charge in [0.1, 0.15) is 12.3 Å². The summed E-state index contributed by atoms with van der Waals surface area (Å²) in [4.78, 5) is 37.5. The maximum absolute atomic E-state index is 13.0. The summed E-state index contributed by atoms with van der Waals surface area (Å²) in [6.45, 7) is 5.28. The summed E-state index contributed by atoms with van der Waals surface area (Å²) in [7, 11) is 0. The normalized spacial score (nSPS) is 16.8. The summed E-state index contributed by atoms with van der Waals surface area (Å²) in [5, 5.41) is 14.0. The molecule has 0 aliphatic carbocycles. The molecule has 1 aliphatic rings. The smallest absolute Gasteiger partial charge is 0.271 e. The Bertz CT molecular complexity index is 929. The third-order valence-corrected chi connectivity index (χ3v) is 4.79. The van der Waals surface area contributed by atoms with E-state index in [0.29, 0.717) is 5.75 Å². The maximum atomic E-state index is 13.0. The molecule has 0 saturated carbocycles. The number of fused-ring (bicyclic) bond motifs is 1. The Hall–Kier alpha value is -3.42. The third kappa shape index (κ3) is 4.37. The predicted octanol–water partition coefficient (Wildman–Crippen LogP) is 3.22. The second-order valence-corrected chi connectivity index (χ2v) is 7.32. The second-order valence-electron chi connectivity index (χ2n) is 7.32. The van der Waals surface area contributed by atoms with Crippen LogP contribution in [0.3, 0.4) is 0 Å². The van der Waals surface area contributed by atoms with E-state index in [4.69, 9.17) is 4.74 Å². The van der Waals surface area contributed by atoms with E-state index in [9.17, 15) is 19.7 Å². The zero-order valence-electron chi connectivity index (χ0n) is 16.5. The van der Waals surface area contributed by atoms with Gasteiger partial charge in [-0.3, -0.25) is 24.6 Å². The van der Waals surface area contributed by atoms with Crippen molar-refractivity contribution in [2.24, 2.45) is 5.92 Å². The average molecular weight is 397 g/mol. The quantitative estimate of drug-likeness (QED) is 0.596. The molecule has 0 bridgehead atoms. The molecule has 0 saturated heterocycles. The van der Waals surface area contributed by atoms with Crippen molar-refractivity contribution >= 4 is 23.2 Å². The van der Waals surface area contributed by atoms with Crippen LogP contribution in [0.1, 0.15) is 32.4 Å². The van der Waals surface area contributed by atoms with Crippen LogP contribution >= 0.6 is 0 Å². The van der Waals surface area contributed by atoms with Crippen LogP contribution in [0.25, 0.3) is 0 Å². The van der Waals surface area contributed by atoms with Crippen molar-refractivity contribution in [3.8, 4) is 5.75 Å². The number of hydrogen-bond acceptors (Lipinski definition) is 5. The highest BCUT2D eigenvalue weighted by molar-refractivity contribution is 6.04. The number of benzene rings is 2. The van der Waals surface area contributed by atoms with Crippen molar-refractivity contribution in [1.29, 1.82) is 0 Å². The van der Waals surface area contributed by atoms with Gasteiger partial charge in [-0.25, -0.2) is 0 Å². The van der Waals surface area contributed by atoms with E-state index in [2.05, 4.69) is 5.32 Å². The first-order chi connectivity index (χ1) is 13.8. The number of carbonyl (C=O) groups excluding carboxylic acids is 2. The fourth-order valence-corrected chi connectivity index (χ4v) is 3.23. The molecule has 29 heavy (non-hydrogen) atoms. The summed E-state index contributed by atoms with van der Waals surface area (Å²) < 4.78 is 5.76. The van der Waals surface area contributed by atoms with Crippen LogP contribution in [-0.2, 0) is 9.59 Å². The van der Waals surface area contributed by atoms with Gasteiger partial charge in [0.05, 0.1) is 16.7 Å². The Labute approximate surface area is 168 Å². The Kier molecular flexibility index (Phi) is 5.81. The van der Waals surface area contributed by atoms with Gasteiger partial charge >= 0.3 is 0 Å². The van der Waals surface area contributed by atoms with E-state index < -0.39 is 16.9 Å². The minimum Gasteiger partial charge on any atom is -0.478 e. The standard InChI is InChI=1S/C21H23N3O5/c1-13(2)20-21(26)23(17-11-16(24(27)28)9-10-18(17)29-20)12-19(25)22-14(3)15-7-5-4-6-8-15/h4-11,13-14,20H,12H2,1-3H3,(H,22,25). The minimum atomic E-state index is -0.761. The highest BCUT2D eigenvalue weighted by Gasteiger charge is 2.38. The lowest BCUT2D eigenvalue weighted by molar-refractivity contribution is -0.384. The van der Waals surface area contributed by atoms with E-state index in [1.807, 2.05) is 51.1 Å². The van der Waals surface area contributed by atoms with E-state index in [1.165, 1.54) is 23.1 Å². The molecular weight excluding hydrogens is 374 g/mol. The maximum Gasteiger partial charge on any atom is 0.271 e. The summed E-state index contributed by atoms with van der Waals surface area (Å²) in [5.74, 6) is -0.537. The first kappa shape index (κ1) is 20.3. The van der Waals surface area contributed by atoms with E-state index in [-0.39, 0.29) is 35.8 Å². The fraction of sp³-hybridized carbons (Fsp3) is 0.333. The van der Waals surface area contributed by atoms with Crippen LogP contribution in [0.15, 0.2) is 48.5 Å². The summed E-state index contributed by atoms with van der Waals surface area (Å²) in [6, 6.07) is 13.3. The van der Waals surface area contributed by atoms with E-state index >= 15 is 0 Å². The molecule has 2 amide bonds. The highest BCUT2D eigenvalue weighted by Crippen LogP contribution is 2.38. The summed E-state index contributed by atoms with van der Waals surface area (Å²) >= 11 is 0. The van der Waals surface area contributed by atoms with Crippen LogP contribution in [0.2, 0.25) is 0 Å². The number of amides is 2. The number of anilines is 1. The molecule has 1 aliphatic heterocycles. The number of ether oxygens (including phenoxy) is 1. The number of nitrogens with one attached hydrogen (secondary N) is 1. The van der Waals surface area contributed by atoms with Gasteiger partial charge in [0.2, 0.25) is 5.91 Å². The number of hydrogen-bond donors (Lipinski definition) is 1. The summed E-state index contributed by atoms with van der Waals surface area (Å²) in [5.41, 5.74) is 0.986. The second kappa shape index (κ2) is 8.30. The van der Waals surface area contributed by atoms with Crippen molar-refractivity contribution in [3.63, 3.8) is 0 Å². The molecule has 1 N–H and O–H groups in total. The van der Waals surface area contributed by atoms with Crippen LogP contribution in [0, 0.1) is 16.0 Å². The fourth-order valence-electron chi connectivity index (χ4n) is 3.23. The molecule has 0 fully saturated rings. The lowest BCUT2D eigenvalue weighted by atomic mass is 10.0. The number of carbonyl (C=O) groups is 2. The van der Waals surface area contributed by atoms with Crippen molar-refractivity contribution in [2.75, 3.05) is 11.4 Å². The average Bonchev–Trinajstić information content (AvgIpc) is 2.69. The largest absolute Gasteiger partial charge is 0.478 e. The van der Waals surface area contributed by atoms with E-state index in [1.54, 1.807) is 0 Å². The molecule has 3 rings (SSSR count). The van der Waals surface area contributed by atoms with Gasteiger partial charge in [-0.2, -0.15) is 0 Å². The van der Waals surface area contributed by atoms with Crippen LogP contribution in [0.5, 0.6) is 5.75 Å². The molecule has 8 heteroatoms. The highest BCUT2D eigenvalue weighted by atomic mass is 16.6. The SMILES string of the molecule is CC(NC(=O)CN1C(=O)C(C(C)C)Oc2ccc([N+](=O)[O-])cc21)c1ccccc1. The van der Waals surface area contributed by atoms with Gasteiger partial charge in [0.25, 0.3) is 11.6 Å². The number of non-ortho nitro benzene ring substituents is 1. The number of nitrogens with zero attached hydrogens (tertiary/aromatic N) is 2. The van der Waals surface area contributed by atoms with Gasteiger partial charge in [0.15, 0.2) is 6.10 Å². The molecule has 0 spiro atoms. The van der Waals surface area contributed by atoms with Crippen molar-refractivity contribution in [2.45, 2.75) is 32.9 Å². The monoisotopic (exact) mass is 397 g/mol. The predicted molar refractivity (Wildman–Crippen MR) is 108 cm³/mol. The van der Waals surface area contributed by atoms with Crippen LogP contribution < -0.4 is 15.0 Å². The lowest BCUT2D eigenvalue weighted by Crippen LogP contribution is -2.51. The molecule has 2 aromatic carbocycles. The van der Waals surface area contributed by atoms with Gasteiger partial charge in [-0.05, 0) is 24.5 Å². The molecule has 2 unspecified atom stereocenters. The van der Waals surface area contributed by atoms with Gasteiger partial charge in [0, 0.05) is 12.1 Å². The van der Waals surface area contributed by atoms with E-state index in [0.717, 1.165) is 5.56 Å². The molecule has 152 valence electrons. The Balaban J connectivity index is 1.86. The number of nitro groups is 1.